The molecule has 1 aromatic rings. The number of rotatable bonds is 0. The van der Waals surface area contributed by atoms with Crippen LogP contribution in [-0.4, -0.2) is 11.1 Å². The summed E-state index contributed by atoms with van der Waals surface area (Å²) >= 11 is 0. The zero-order chi connectivity index (χ0) is 8.55. The van der Waals surface area contributed by atoms with Gasteiger partial charge >= 0.3 is 0 Å². The second-order valence-corrected chi connectivity index (χ2v) is 2.22. The number of hydrogen-bond donors (Lipinski definition) is 1. The Hall–Kier alpha value is -1.84. The van der Waals surface area contributed by atoms with Gasteiger partial charge in [-0.3, -0.25) is 5.21 Å². The Kier molecular flexibility index (Phi) is 1.33. The van der Waals surface area contributed by atoms with E-state index in [0.29, 0.717) is 16.3 Å². The van der Waals surface area contributed by atoms with Gasteiger partial charge in [-0.25, -0.2) is 9.73 Å². The van der Waals surface area contributed by atoms with Gasteiger partial charge in [0.25, 0.3) is 0 Å². The lowest BCUT2D eigenvalue weighted by atomic mass is 10.2. The molecule has 0 spiro atoms. The fourth-order valence-corrected chi connectivity index (χ4v) is 0.987. The van der Waals surface area contributed by atoms with Crippen molar-refractivity contribution in [3.63, 3.8) is 0 Å². The first-order valence-electron chi connectivity index (χ1n) is 3.21. The highest BCUT2D eigenvalue weighted by Crippen LogP contribution is 2.07. The van der Waals surface area contributed by atoms with E-state index in [0.717, 1.165) is 0 Å². The van der Waals surface area contributed by atoms with Gasteiger partial charge in [0.1, 0.15) is 11.6 Å². The van der Waals surface area contributed by atoms with Gasteiger partial charge in [0.15, 0.2) is 5.36 Å². The molecule has 2 rings (SSSR count). The molecule has 0 aromatic heterocycles. The largest absolute Gasteiger partial charge is 0.253 e. The van der Waals surface area contributed by atoms with E-state index < -0.39 is 0 Å². The van der Waals surface area contributed by atoms with E-state index in [2.05, 4.69) is 10.1 Å². The van der Waals surface area contributed by atoms with Gasteiger partial charge < -0.3 is 0 Å². The average molecular weight is 164 g/mol. The van der Waals surface area contributed by atoms with Crippen molar-refractivity contribution >= 4 is 11.6 Å². The summed E-state index contributed by atoms with van der Waals surface area (Å²) in [7, 11) is 0. The third-order valence-electron chi connectivity index (χ3n) is 1.54. The smallest absolute Gasteiger partial charge is 0.153 e. The maximum Gasteiger partial charge on any atom is 0.153 e. The Labute approximate surface area is 66.7 Å². The van der Waals surface area contributed by atoms with E-state index in [1.54, 1.807) is 18.1 Å². The molecule has 5 nitrogen and oxygen atoms in total. The summed E-state index contributed by atoms with van der Waals surface area (Å²) in [6.45, 7) is 0. The Balaban J connectivity index is 2.90. The van der Waals surface area contributed by atoms with E-state index in [4.69, 9.17) is 5.21 Å². The van der Waals surface area contributed by atoms with Crippen LogP contribution in [0.15, 0.2) is 23.4 Å². The number of anilines is 1. The maximum absolute atomic E-state index is 10.3. The van der Waals surface area contributed by atoms with Gasteiger partial charge in [0.2, 0.25) is 0 Å². The third-order valence-corrected chi connectivity index (χ3v) is 1.54. The third kappa shape index (κ3) is 0.780. The SMILES string of the molecule is O=C=c1cccc2c1=NON2O. The van der Waals surface area contributed by atoms with Crippen molar-refractivity contribution in [1.82, 2.24) is 0 Å². The molecule has 0 saturated carbocycles. The predicted octanol–water partition coefficient (Wildman–Crippen LogP) is -1.13. The van der Waals surface area contributed by atoms with Crippen LogP contribution in [0.3, 0.4) is 0 Å². The van der Waals surface area contributed by atoms with Crippen molar-refractivity contribution in [3.8, 4) is 0 Å². The Morgan fingerprint density at radius 1 is 1.58 bits per heavy atom. The molecule has 1 heterocycles. The van der Waals surface area contributed by atoms with Crippen LogP contribution >= 0.6 is 0 Å². The van der Waals surface area contributed by atoms with Crippen LogP contribution in [0.25, 0.3) is 0 Å². The van der Waals surface area contributed by atoms with Gasteiger partial charge in [-0.15, -0.1) is 0 Å². The minimum absolute atomic E-state index is 0.268. The van der Waals surface area contributed by atoms with Crippen LogP contribution in [0.2, 0.25) is 0 Å². The summed E-state index contributed by atoms with van der Waals surface area (Å²) in [4.78, 5) is 14.7. The minimum atomic E-state index is 0.268. The molecular weight excluding hydrogens is 160 g/mol. The van der Waals surface area contributed by atoms with Crippen LogP contribution in [0.5, 0.6) is 0 Å². The summed E-state index contributed by atoms with van der Waals surface area (Å²) in [5.41, 5.74) is 0.343. The first-order valence-corrected chi connectivity index (χ1v) is 3.21. The quantitative estimate of drug-likeness (QED) is 0.526. The van der Waals surface area contributed by atoms with Crippen LogP contribution in [0, 0.1) is 0 Å². The first kappa shape index (κ1) is 6.84. The van der Waals surface area contributed by atoms with Gasteiger partial charge in [-0.1, -0.05) is 11.3 Å². The monoisotopic (exact) mass is 164 g/mol. The van der Waals surface area contributed by atoms with Crippen LogP contribution in [0.4, 0.5) is 5.69 Å². The number of fused-ring (bicyclic) bond motifs is 1. The Bertz CT molecular complexity index is 450. The lowest BCUT2D eigenvalue weighted by Crippen LogP contribution is -2.27. The fraction of sp³-hybridized carbons (Fsp3) is 0. The lowest BCUT2D eigenvalue weighted by Gasteiger charge is -2.02. The first-order chi connectivity index (χ1) is 5.83. The van der Waals surface area contributed by atoms with Crippen LogP contribution in [-0.2, 0) is 9.73 Å². The van der Waals surface area contributed by atoms with Crippen molar-refractivity contribution in [2.75, 3.05) is 5.23 Å². The highest BCUT2D eigenvalue weighted by atomic mass is 17.0. The summed E-state index contributed by atoms with van der Waals surface area (Å²) in [6.07, 6.45) is 0. The van der Waals surface area contributed by atoms with Gasteiger partial charge in [-0.05, 0) is 17.3 Å². The molecule has 1 aliphatic rings. The molecule has 0 saturated heterocycles. The van der Waals surface area contributed by atoms with E-state index in [-0.39, 0.29) is 5.22 Å². The molecule has 0 fully saturated rings. The van der Waals surface area contributed by atoms with Gasteiger partial charge in [-0.2, -0.15) is 0 Å². The molecule has 0 amide bonds. The standard InChI is InChI=1S/C7H4N2O3/c10-4-5-2-1-3-6-7(5)8-12-9(6)11/h1-3,11H. The maximum atomic E-state index is 10.3. The van der Waals surface area contributed by atoms with Crippen molar-refractivity contribution in [2.24, 2.45) is 5.16 Å². The molecule has 1 aromatic carbocycles. The molecular formula is C7H4N2O3. The fourth-order valence-electron chi connectivity index (χ4n) is 0.987. The average Bonchev–Trinajstić information content (AvgIpc) is 2.48. The summed E-state index contributed by atoms with van der Waals surface area (Å²) < 4.78 is 0. The van der Waals surface area contributed by atoms with Crippen molar-refractivity contribution < 1.29 is 14.9 Å². The Morgan fingerprint density at radius 2 is 2.42 bits per heavy atom. The zero-order valence-corrected chi connectivity index (χ0v) is 5.89. The minimum Gasteiger partial charge on any atom is -0.253 e. The molecule has 5 heteroatoms. The highest BCUT2D eigenvalue weighted by Gasteiger charge is 2.14. The van der Waals surface area contributed by atoms with Crippen molar-refractivity contribution in [1.29, 1.82) is 0 Å². The molecule has 60 valence electrons. The molecule has 1 N–H and O–H groups in total. The number of nitrogens with zero attached hydrogens (tertiary/aromatic N) is 2. The van der Waals surface area contributed by atoms with Crippen molar-refractivity contribution in [3.05, 3.63) is 28.8 Å². The lowest BCUT2D eigenvalue weighted by molar-refractivity contribution is -0.0306. The van der Waals surface area contributed by atoms with E-state index in [1.165, 1.54) is 6.07 Å². The number of benzene rings is 1. The molecule has 0 unspecified atom stereocenters. The molecule has 1 aliphatic heterocycles. The number of hydrogen-bond acceptors (Lipinski definition) is 5. The second-order valence-electron chi connectivity index (χ2n) is 2.22. The summed E-state index contributed by atoms with van der Waals surface area (Å²) in [5.74, 6) is 1.69. The second kappa shape index (κ2) is 2.34. The van der Waals surface area contributed by atoms with Gasteiger partial charge in [0, 0.05) is 0 Å². The topological polar surface area (TPSA) is 62.1 Å². The summed E-state index contributed by atoms with van der Waals surface area (Å²) in [5, 5.41) is 13.5. The molecule has 0 bridgehead atoms. The van der Waals surface area contributed by atoms with E-state index in [9.17, 15) is 4.79 Å². The van der Waals surface area contributed by atoms with E-state index >= 15 is 0 Å². The van der Waals surface area contributed by atoms with Crippen molar-refractivity contribution in [2.45, 2.75) is 0 Å². The van der Waals surface area contributed by atoms with Crippen LogP contribution < -0.4 is 15.8 Å². The zero-order valence-electron chi connectivity index (χ0n) is 5.89. The number of carbonyl (C=O) groups excluding carboxylic acids is 1. The predicted molar refractivity (Wildman–Crippen MR) is 37.4 cm³/mol. The molecule has 12 heavy (non-hydrogen) atoms. The van der Waals surface area contributed by atoms with Gasteiger partial charge in [0.05, 0.1) is 5.22 Å². The molecule has 0 atom stereocenters. The Morgan fingerprint density at radius 3 is 3.17 bits per heavy atom. The normalized spacial score (nSPS) is 12.9. The van der Waals surface area contributed by atoms with Crippen LogP contribution in [0.1, 0.15) is 0 Å². The van der Waals surface area contributed by atoms with E-state index in [1.807, 2.05) is 0 Å². The summed E-state index contributed by atoms with van der Waals surface area (Å²) in [6, 6.07) is 4.72. The molecule has 0 aliphatic carbocycles. The highest BCUT2D eigenvalue weighted by molar-refractivity contribution is 5.52. The molecule has 0 radical (unpaired) electrons.